The van der Waals surface area contributed by atoms with Crippen molar-refractivity contribution in [2.24, 2.45) is 17.8 Å². The van der Waals surface area contributed by atoms with E-state index in [1.54, 1.807) is 25.7 Å². The summed E-state index contributed by atoms with van der Waals surface area (Å²) in [6, 6.07) is 7.93. The summed E-state index contributed by atoms with van der Waals surface area (Å²) in [6.45, 7) is 3.66. The third-order valence-electron chi connectivity index (χ3n) is 6.25. The van der Waals surface area contributed by atoms with E-state index in [0.29, 0.717) is 36.0 Å². The first-order valence-electron chi connectivity index (χ1n) is 11.4. The van der Waals surface area contributed by atoms with Crippen LogP contribution in [0.2, 0.25) is 0 Å². The van der Waals surface area contributed by atoms with Crippen molar-refractivity contribution in [2.75, 3.05) is 23.7 Å². The van der Waals surface area contributed by atoms with Crippen molar-refractivity contribution in [1.82, 2.24) is 18.7 Å². The molecule has 1 atom stereocenters. The van der Waals surface area contributed by atoms with Gasteiger partial charge in [0, 0.05) is 42.5 Å². The molecule has 0 saturated carbocycles. The van der Waals surface area contributed by atoms with Gasteiger partial charge in [-0.15, -0.1) is 17.7 Å². The van der Waals surface area contributed by atoms with E-state index >= 15 is 0 Å². The average molecular weight is 478 g/mol. The molecule has 4 heterocycles. The molecule has 176 valence electrons. The first-order chi connectivity index (χ1) is 16.5. The fourth-order valence-corrected chi connectivity index (χ4v) is 5.45. The van der Waals surface area contributed by atoms with Crippen LogP contribution < -0.4 is 21.9 Å². The Morgan fingerprint density at radius 1 is 1.24 bits per heavy atom. The van der Waals surface area contributed by atoms with E-state index in [-0.39, 0.29) is 18.1 Å². The van der Waals surface area contributed by atoms with Crippen LogP contribution in [0.3, 0.4) is 0 Å². The Hall–Kier alpha value is -3.29. The number of aryl methyl sites for hydroxylation is 1. The topological polar surface area (TPSA) is 103 Å². The molecule has 34 heavy (non-hydrogen) atoms. The van der Waals surface area contributed by atoms with Crippen LogP contribution in [-0.2, 0) is 20.1 Å². The zero-order valence-corrected chi connectivity index (χ0v) is 20.1. The highest BCUT2D eigenvalue weighted by Crippen LogP contribution is 2.33. The lowest BCUT2D eigenvalue weighted by Crippen LogP contribution is -2.44. The van der Waals surface area contributed by atoms with Gasteiger partial charge in [-0.3, -0.25) is 23.5 Å². The van der Waals surface area contributed by atoms with Gasteiger partial charge in [0.2, 0.25) is 5.95 Å². The van der Waals surface area contributed by atoms with Crippen molar-refractivity contribution in [3.8, 4) is 11.8 Å². The van der Waals surface area contributed by atoms with E-state index in [0.717, 1.165) is 35.7 Å². The number of thioether (sulfide) groups is 1. The van der Waals surface area contributed by atoms with E-state index in [1.165, 1.54) is 9.13 Å². The van der Waals surface area contributed by atoms with Gasteiger partial charge in [0.05, 0.1) is 18.8 Å². The summed E-state index contributed by atoms with van der Waals surface area (Å²) in [5, 5.41) is 0. The molecular formula is C24H27N7O2S. The Labute approximate surface area is 201 Å². The maximum atomic E-state index is 13.7. The maximum absolute atomic E-state index is 13.7. The smallest absolute Gasteiger partial charge is 0.332 e. The predicted molar refractivity (Wildman–Crippen MR) is 136 cm³/mol. The highest BCUT2D eigenvalue weighted by Gasteiger charge is 2.26. The number of aliphatic imine (C=N–C) groups is 1. The van der Waals surface area contributed by atoms with Crippen LogP contribution in [0.4, 0.5) is 11.6 Å². The fourth-order valence-electron chi connectivity index (χ4n) is 4.54. The second-order valence-electron chi connectivity index (χ2n) is 8.61. The van der Waals surface area contributed by atoms with Crippen molar-refractivity contribution in [2.45, 2.75) is 43.8 Å². The predicted octanol–water partition coefficient (Wildman–Crippen LogP) is 1.73. The minimum atomic E-state index is -0.405. The molecule has 3 aromatic rings. The molecule has 0 radical (unpaired) electrons. The van der Waals surface area contributed by atoms with Gasteiger partial charge in [-0.05, 0) is 31.9 Å². The van der Waals surface area contributed by atoms with Crippen LogP contribution in [0, 0.1) is 11.8 Å². The molecule has 2 aromatic heterocycles. The second-order valence-corrected chi connectivity index (χ2v) is 9.63. The number of imidazole rings is 1. The van der Waals surface area contributed by atoms with Crippen molar-refractivity contribution in [3.05, 3.63) is 45.1 Å². The Morgan fingerprint density at radius 3 is 2.85 bits per heavy atom. The molecular weight excluding hydrogens is 450 g/mol. The Kier molecular flexibility index (Phi) is 6.06. The van der Waals surface area contributed by atoms with Crippen LogP contribution in [0.5, 0.6) is 0 Å². The van der Waals surface area contributed by atoms with Gasteiger partial charge in [0.1, 0.15) is 0 Å². The molecule has 0 amide bonds. The molecule has 1 saturated heterocycles. The maximum Gasteiger partial charge on any atom is 0.332 e. The zero-order chi connectivity index (χ0) is 23.8. The summed E-state index contributed by atoms with van der Waals surface area (Å²) < 4.78 is 4.54. The van der Waals surface area contributed by atoms with Crippen molar-refractivity contribution in [1.29, 1.82) is 0 Å². The number of fused-ring (bicyclic) bond motifs is 2. The van der Waals surface area contributed by atoms with Crippen molar-refractivity contribution in [3.63, 3.8) is 0 Å². The average Bonchev–Trinajstić information content (AvgIpc) is 3.23. The third-order valence-corrected chi connectivity index (χ3v) is 7.38. The number of para-hydroxylation sites is 1. The normalized spacial score (nSPS) is 17.8. The molecule has 1 aromatic carbocycles. The van der Waals surface area contributed by atoms with E-state index in [4.69, 9.17) is 15.7 Å². The van der Waals surface area contributed by atoms with E-state index in [1.807, 2.05) is 28.8 Å². The number of piperidine rings is 1. The zero-order valence-electron chi connectivity index (χ0n) is 19.3. The van der Waals surface area contributed by atoms with Crippen LogP contribution in [0.15, 0.2) is 43.7 Å². The molecule has 0 bridgehead atoms. The van der Waals surface area contributed by atoms with Crippen molar-refractivity contribution >= 4 is 40.3 Å². The summed E-state index contributed by atoms with van der Waals surface area (Å²) >= 11 is 1.66. The van der Waals surface area contributed by atoms with Crippen LogP contribution in [0.25, 0.3) is 11.2 Å². The monoisotopic (exact) mass is 477 g/mol. The SMILES string of the molecule is CC#CCn1c(N2CCCC(N)C2)nc2c1c(=O)n(CC1=Nc3ccccc3SC1)c(=O)n2C. The molecule has 2 N–H and O–H groups in total. The number of hydrogen-bond donors (Lipinski definition) is 1. The van der Waals surface area contributed by atoms with E-state index in [9.17, 15) is 9.59 Å². The highest BCUT2D eigenvalue weighted by molar-refractivity contribution is 8.00. The minimum Gasteiger partial charge on any atom is -0.341 e. The minimum absolute atomic E-state index is 0.0458. The number of nitrogens with zero attached hydrogens (tertiary/aromatic N) is 6. The molecule has 9 nitrogen and oxygen atoms in total. The molecule has 1 fully saturated rings. The van der Waals surface area contributed by atoms with Crippen molar-refractivity contribution < 1.29 is 0 Å². The Morgan fingerprint density at radius 2 is 2.06 bits per heavy atom. The number of benzene rings is 1. The van der Waals surface area contributed by atoms with E-state index in [2.05, 4.69) is 16.7 Å². The molecule has 5 rings (SSSR count). The molecule has 2 aliphatic heterocycles. The fraction of sp³-hybridized carbons (Fsp3) is 0.417. The lowest BCUT2D eigenvalue weighted by atomic mass is 10.1. The number of aromatic nitrogens is 4. The van der Waals surface area contributed by atoms with Crippen LogP contribution in [-0.4, -0.2) is 49.3 Å². The van der Waals surface area contributed by atoms with Crippen LogP contribution in [0.1, 0.15) is 19.8 Å². The highest BCUT2D eigenvalue weighted by atomic mass is 32.2. The lowest BCUT2D eigenvalue weighted by Gasteiger charge is -2.31. The molecule has 2 aliphatic rings. The van der Waals surface area contributed by atoms with Gasteiger partial charge in [-0.2, -0.15) is 4.98 Å². The Bertz CT molecular complexity index is 1470. The van der Waals surface area contributed by atoms with Gasteiger partial charge in [-0.25, -0.2) is 4.79 Å². The first kappa shape index (κ1) is 22.5. The summed E-state index contributed by atoms with van der Waals surface area (Å²) in [5.41, 5.74) is 7.82. The lowest BCUT2D eigenvalue weighted by molar-refractivity contribution is 0.496. The second kappa shape index (κ2) is 9.16. The standard InChI is InChI=1S/C24H27N7O2S/c1-3-4-12-30-20-21(27-23(30)29-11-7-8-16(25)13-29)28(2)24(33)31(22(20)32)14-17-15-34-19-10-6-5-9-18(19)26-17/h5-6,9-10,16H,7-8,11-15,25H2,1-2H3. The number of anilines is 1. The molecule has 0 aliphatic carbocycles. The van der Waals surface area contributed by atoms with E-state index < -0.39 is 5.69 Å². The molecule has 10 heteroatoms. The summed E-state index contributed by atoms with van der Waals surface area (Å²) in [7, 11) is 1.65. The summed E-state index contributed by atoms with van der Waals surface area (Å²) in [6.07, 6.45) is 1.91. The largest absolute Gasteiger partial charge is 0.341 e. The number of rotatable bonds is 4. The van der Waals surface area contributed by atoms with Gasteiger partial charge in [0.15, 0.2) is 11.2 Å². The number of hydrogen-bond acceptors (Lipinski definition) is 7. The number of nitrogens with two attached hydrogens (primary N) is 1. The summed E-state index contributed by atoms with van der Waals surface area (Å²) in [4.78, 5) is 39.6. The van der Waals surface area contributed by atoms with Gasteiger partial charge in [-0.1, -0.05) is 18.1 Å². The first-order valence-corrected chi connectivity index (χ1v) is 12.3. The quantitative estimate of drug-likeness (QED) is 0.574. The van der Waals surface area contributed by atoms with Gasteiger partial charge in [0.25, 0.3) is 5.56 Å². The third kappa shape index (κ3) is 3.95. The van der Waals surface area contributed by atoms with Gasteiger partial charge < -0.3 is 10.6 Å². The van der Waals surface area contributed by atoms with Gasteiger partial charge >= 0.3 is 5.69 Å². The summed E-state index contributed by atoms with van der Waals surface area (Å²) in [5.74, 6) is 7.23. The van der Waals surface area contributed by atoms with Crippen LogP contribution >= 0.6 is 11.8 Å². The Balaban J connectivity index is 1.64. The molecule has 1 unspecified atom stereocenters. The molecule has 0 spiro atoms.